The van der Waals surface area contributed by atoms with E-state index < -0.39 is 8.30 Å². The average molecular weight is 430 g/mol. The summed E-state index contributed by atoms with van der Waals surface area (Å²) < 4.78 is 6.66. The summed E-state index contributed by atoms with van der Waals surface area (Å²) >= 11 is 0. The van der Waals surface area contributed by atoms with E-state index in [1.165, 1.54) is 43.5 Å². The second-order valence-corrected chi connectivity index (χ2v) is 9.50. The van der Waals surface area contributed by atoms with Crippen LogP contribution in [-0.4, -0.2) is 8.41 Å². The van der Waals surface area contributed by atoms with Crippen molar-refractivity contribution in [1.82, 2.24) is 5.09 Å². The first kappa shape index (κ1) is 20.8. The highest BCUT2D eigenvalue weighted by molar-refractivity contribution is 7.59. The first-order valence-electron chi connectivity index (χ1n) is 10.6. The Morgan fingerprint density at radius 2 is 1.25 bits per heavy atom. The number of fused-ring (bicyclic) bond motifs is 7. The van der Waals surface area contributed by atoms with Crippen LogP contribution in [0.25, 0.3) is 32.7 Å². The maximum atomic E-state index is 6.66. The molecule has 5 aromatic rings. The predicted molar refractivity (Wildman–Crippen MR) is 138 cm³/mol. The maximum Gasteiger partial charge on any atom is 0.195 e. The van der Waals surface area contributed by atoms with Gasteiger partial charge in [0.1, 0.15) is 5.75 Å². The Hall–Kier alpha value is -3.13. The molecule has 0 spiro atoms. The fourth-order valence-corrected chi connectivity index (χ4v) is 6.30. The zero-order valence-corrected chi connectivity index (χ0v) is 18.7. The third-order valence-electron chi connectivity index (χ3n) is 6.07. The first-order valence-corrected chi connectivity index (χ1v) is 11.9. The van der Waals surface area contributed by atoms with Crippen molar-refractivity contribution in [3.05, 3.63) is 109 Å². The van der Waals surface area contributed by atoms with Crippen molar-refractivity contribution >= 4 is 43.6 Å². The van der Waals surface area contributed by atoms with Crippen LogP contribution in [0.5, 0.6) is 5.75 Å². The van der Waals surface area contributed by atoms with Crippen molar-refractivity contribution in [3.63, 3.8) is 0 Å². The normalized spacial score (nSPS) is 15.3. The smallest absolute Gasteiger partial charge is 0.195 e. The van der Waals surface area contributed by atoms with E-state index in [-0.39, 0.29) is 14.5 Å². The zero-order chi connectivity index (χ0) is 20.8. The number of hydrogen-bond acceptors (Lipinski definition) is 2. The van der Waals surface area contributed by atoms with Gasteiger partial charge >= 0.3 is 0 Å². The number of nitrogens with one attached hydrogen (secondary N) is 1. The van der Waals surface area contributed by atoms with Crippen LogP contribution < -0.4 is 14.9 Å². The van der Waals surface area contributed by atoms with E-state index in [0.717, 1.165) is 5.75 Å². The van der Waals surface area contributed by atoms with Gasteiger partial charge in [0, 0.05) is 30.9 Å². The van der Waals surface area contributed by atoms with Crippen LogP contribution in [-0.2, 0) is 0 Å². The summed E-state index contributed by atoms with van der Waals surface area (Å²) in [7, 11) is -1.02. The molecule has 3 radical (unpaired) electrons. The van der Waals surface area contributed by atoms with Gasteiger partial charge in [0.25, 0.3) is 0 Å². The van der Waals surface area contributed by atoms with Crippen molar-refractivity contribution in [2.45, 2.75) is 13.0 Å². The molecular weight excluding hydrogens is 408 g/mol. The van der Waals surface area contributed by atoms with Crippen molar-refractivity contribution < 1.29 is 4.52 Å². The lowest BCUT2D eigenvalue weighted by atomic mass is 9.93. The van der Waals surface area contributed by atoms with Crippen LogP contribution in [0.2, 0.25) is 0 Å². The second-order valence-electron chi connectivity index (χ2n) is 7.99. The standard InChI is InChI=1S/C28H22NOP.B/c1-19(20-9-3-2-4-10-20)29-31-26-18-16-22-12-6-8-14-24(22)28(26)27-23-13-7-5-11-21(23)15-17-25(27)30-31;/h2-19,29H,1H3;/t19-,31?;/m0./s1. The fraction of sp³-hybridized carbons (Fsp3) is 0.0714. The Labute approximate surface area is 191 Å². The molecule has 0 aliphatic carbocycles. The number of rotatable bonds is 3. The van der Waals surface area contributed by atoms with Gasteiger partial charge in [-0.05, 0) is 46.2 Å². The summed E-state index contributed by atoms with van der Waals surface area (Å²) in [5.74, 6) is 0.960. The molecule has 2 atom stereocenters. The van der Waals surface area contributed by atoms with E-state index in [0.29, 0.717) is 0 Å². The van der Waals surface area contributed by atoms with Gasteiger partial charge in [-0.3, -0.25) is 5.09 Å². The van der Waals surface area contributed by atoms with E-state index in [9.17, 15) is 0 Å². The first-order chi connectivity index (χ1) is 15.3. The monoisotopic (exact) mass is 430 g/mol. The van der Waals surface area contributed by atoms with Crippen molar-refractivity contribution in [1.29, 1.82) is 0 Å². The van der Waals surface area contributed by atoms with E-state index in [1.807, 2.05) is 0 Å². The lowest BCUT2D eigenvalue weighted by Crippen LogP contribution is -2.26. The summed E-state index contributed by atoms with van der Waals surface area (Å²) in [4.78, 5) is 0. The van der Waals surface area contributed by atoms with E-state index >= 15 is 0 Å². The summed E-state index contributed by atoms with van der Waals surface area (Å²) in [6, 6.07) is 36.8. The van der Waals surface area contributed by atoms with Gasteiger partial charge in [0.15, 0.2) is 8.30 Å². The van der Waals surface area contributed by atoms with Crippen LogP contribution in [0.15, 0.2) is 103 Å². The molecule has 0 amide bonds. The minimum atomic E-state index is -1.02. The van der Waals surface area contributed by atoms with Crippen LogP contribution in [0.1, 0.15) is 18.5 Å². The van der Waals surface area contributed by atoms with Crippen LogP contribution in [0.3, 0.4) is 0 Å². The molecule has 32 heavy (non-hydrogen) atoms. The predicted octanol–water partition coefficient (Wildman–Crippen LogP) is 6.96. The zero-order valence-electron chi connectivity index (χ0n) is 17.8. The molecule has 0 aromatic heterocycles. The fourth-order valence-electron chi connectivity index (χ4n) is 4.51. The maximum absolute atomic E-state index is 6.66. The minimum absolute atomic E-state index is 0. The highest BCUT2D eigenvalue weighted by Gasteiger charge is 2.30. The number of benzene rings is 5. The van der Waals surface area contributed by atoms with Crippen molar-refractivity contribution in [2.24, 2.45) is 0 Å². The van der Waals surface area contributed by atoms with E-state index in [1.54, 1.807) is 0 Å². The third-order valence-corrected chi connectivity index (χ3v) is 7.88. The Morgan fingerprint density at radius 3 is 1.97 bits per heavy atom. The van der Waals surface area contributed by atoms with Crippen LogP contribution in [0, 0.1) is 0 Å². The van der Waals surface area contributed by atoms with Gasteiger partial charge in [-0.1, -0.05) is 91.0 Å². The molecule has 6 rings (SSSR count). The third kappa shape index (κ3) is 3.39. The Bertz CT molecular complexity index is 1420. The lowest BCUT2D eigenvalue weighted by Gasteiger charge is -2.32. The van der Waals surface area contributed by atoms with Crippen molar-refractivity contribution in [3.8, 4) is 16.9 Å². The van der Waals surface area contributed by atoms with Crippen molar-refractivity contribution in [2.75, 3.05) is 0 Å². The Morgan fingerprint density at radius 1 is 0.656 bits per heavy atom. The quantitative estimate of drug-likeness (QED) is 0.247. The van der Waals surface area contributed by atoms with Gasteiger partial charge in [0.2, 0.25) is 0 Å². The molecule has 5 aromatic carbocycles. The summed E-state index contributed by atoms with van der Waals surface area (Å²) in [6.07, 6.45) is 0. The second kappa shape index (κ2) is 8.43. The molecule has 1 heterocycles. The molecule has 0 saturated carbocycles. The van der Waals surface area contributed by atoms with Gasteiger partial charge < -0.3 is 4.52 Å². The van der Waals surface area contributed by atoms with Crippen LogP contribution in [0.4, 0.5) is 0 Å². The SMILES string of the molecule is C[C@H](NP1Oc2ccc3ccccc3c2-c2c1ccc1ccccc21)c1ccccc1.[B]. The highest BCUT2D eigenvalue weighted by Crippen LogP contribution is 2.52. The molecule has 1 N–H and O–H groups in total. The Kier molecular flexibility index (Phi) is 5.47. The summed E-state index contributed by atoms with van der Waals surface area (Å²) in [6.45, 7) is 2.21. The molecule has 0 bridgehead atoms. The van der Waals surface area contributed by atoms with E-state index in [2.05, 4.69) is 115 Å². The lowest BCUT2D eigenvalue weighted by molar-refractivity contribution is 0.589. The molecule has 2 nitrogen and oxygen atoms in total. The summed E-state index contributed by atoms with van der Waals surface area (Å²) in [5, 5.41) is 10.1. The molecule has 1 aliphatic heterocycles. The molecule has 4 heteroatoms. The highest BCUT2D eigenvalue weighted by atomic mass is 31.2. The molecule has 153 valence electrons. The largest absolute Gasteiger partial charge is 0.453 e. The Balaban J connectivity index is 0.00000216. The summed E-state index contributed by atoms with van der Waals surface area (Å²) in [5.41, 5.74) is 3.77. The number of hydrogen-bond donors (Lipinski definition) is 1. The van der Waals surface area contributed by atoms with Crippen LogP contribution >= 0.6 is 8.30 Å². The van der Waals surface area contributed by atoms with Gasteiger partial charge in [-0.2, -0.15) is 0 Å². The topological polar surface area (TPSA) is 21.3 Å². The van der Waals surface area contributed by atoms with E-state index in [4.69, 9.17) is 4.52 Å². The molecule has 0 fully saturated rings. The van der Waals surface area contributed by atoms with Gasteiger partial charge in [0.05, 0.1) is 0 Å². The van der Waals surface area contributed by atoms with Gasteiger partial charge in [-0.15, -0.1) is 0 Å². The van der Waals surface area contributed by atoms with Gasteiger partial charge in [-0.25, -0.2) is 0 Å². The molecule has 0 saturated heterocycles. The minimum Gasteiger partial charge on any atom is -0.453 e. The molecular formula is C28H22BNOP. The average Bonchev–Trinajstić information content (AvgIpc) is 2.84. The molecule has 1 aliphatic rings. The molecule has 1 unspecified atom stereocenters.